The maximum Gasteiger partial charge on any atom is 0.117 e. The monoisotopic (exact) mass is 266 g/mol. The first kappa shape index (κ1) is 14.7. The first-order chi connectivity index (χ1) is 8.16. The molecule has 0 radical (unpaired) electrons. The Balaban J connectivity index is 0.00000162. The predicted octanol–water partition coefficient (Wildman–Crippen LogP) is 2.40. The molecule has 0 spiro atoms. The van der Waals surface area contributed by atoms with Crippen LogP contribution in [0.15, 0.2) is 30.3 Å². The number of rotatable bonds is 4. The Hall–Kier alpha value is -1.39. The van der Waals surface area contributed by atoms with Gasteiger partial charge in [0.05, 0.1) is 0 Å². The fraction of sp³-hybridized carbons (Fsp3) is 0.385. The van der Waals surface area contributed by atoms with Crippen molar-refractivity contribution in [3.05, 3.63) is 36.0 Å². The minimum absolute atomic E-state index is 0. The van der Waals surface area contributed by atoms with E-state index in [4.69, 9.17) is 0 Å². The minimum Gasteiger partial charge on any atom is -0.309 e. The molecule has 5 heteroatoms. The van der Waals surface area contributed by atoms with Crippen LogP contribution in [0.5, 0.6) is 0 Å². The van der Waals surface area contributed by atoms with Gasteiger partial charge in [-0.3, -0.25) is 0 Å². The lowest BCUT2D eigenvalue weighted by Crippen LogP contribution is -2.22. The van der Waals surface area contributed by atoms with Gasteiger partial charge in [0, 0.05) is 25.2 Å². The summed E-state index contributed by atoms with van der Waals surface area (Å²) in [6.45, 7) is 4.99. The van der Waals surface area contributed by atoms with Gasteiger partial charge in [0.25, 0.3) is 0 Å². The molecule has 2 rings (SSSR count). The highest BCUT2D eigenvalue weighted by molar-refractivity contribution is 5.85. The Kier molecular flexibility index (Phi) is 5.31. The van der Waals surface area contributed by atoms with Crippen molar-refractivity contribution in [1.29, 1.82) is 0 Å². The maximum atomic E-state index is 4.42. The summed E-state index contributed by atoms with van der Waals surface area (Å²) >= 11 is 0. The molecule has 1 heterocycles. The van der Waals surface area contributed by atoms with Crippen LogP contribution < -0.4 is 5.32 Å². The summed E-state index contributed by atoms with van der Waals surface area (Å²) in [6, 6.07) is 10.6. The molecular weight excluding hydrogens is 248 g/mol. The fourth-order valence-electron chi connectivity index (χ4n) is 1.69. The lowest BCUT2D eigenvalue weighted by atomic mass is 10.1. The summed E-state index contributed by atoms with van der Waals surface area (Å²) < 4.78 is 0. The van der Waals surface area contributed by atoms with Gasteiger partial charge in [-0.05, 0) is 0 Å². The number of nitrogens with zero attached hydrogens (tertiary/aromatic N) is 3. The molecule has 2 aromatic rings. The molecule has 0 atom stereocenters. The molecule has 0 fully saturated rings. The second-order valence-electron chi connectivity index (χ2n) is 4.39. The molecule has 0 unspecified atom stereocenters. The van der Waals surface area contributed by atoms with Gasteiger partial charge >= 0.3 is 0 Å². The Morgan fingerprint density at radius 1 is 1.17 bits per heavy atom. The Morgan fingerprint density at radius 3 is 2.44 bits per heavy atom. The van der Waals surface area contributed by atoms with E-state index >= 15 is 0 Å². The number of nitrogens with one attached hydrogen (secondary N) is 1. The summed E-state index contributed by atoms with van der Waals surface area (Å²) in [5.74, 6) is 0. The number of halogens is 1. The summed E-state index contributed by atoms with van der Waals surface area (Å²) in [5.41, 5.74) is 3.06. The summed E-state index contributed by atoms with van der Waals surface area (Å²) in [4.78, 5) is 1.62. The topological polar surface area (TPSA) is 42.7 Å². The number of aromatic nitrogens is 3. The molecule has 18 heavy (non-hydrogen) atoms. The van der Waals surface area contributed by atoms with E-state index in [0.717, 1.165) is 23.5 Å². The van der Waals surface area contributed by atoms with Crippen LogP contribution in [0.3, 0.4) is 0 Å². The Labute approximate surface area is 114 Å². The second-order valence-corrected chi connectivity index (χ2v) is 4.39. The third-order valence-electron chi connectivity index (χ3n) is 2.51. The van der Waals surface area contributed by atoms with Crippen molar-refractivity contribution in [2.75, 3.05) is 0 Å². The van der Waals surface area contributed by atoms with E-state index in [1.54, 1.807) is 4.80 Å². The van der Waals surface area contributed by atoms with E-state index in [1.165, 1.54) is 0 Å². The molecule has 1 aromatic carbocycles. The van der Waals surface area contributed by atoms with Crippen LogP contribution >= 0.6 is 12.4 Å². The standard InChI is InChI=1S/C13H18N4.ClH/c1-10(2)14-9-12-13(16-17(3)15-12)11-7-5-4-6-8-11;/h4-8,10,14H,9H2,1-3H3;1H. The minimum atomic E-state index is 0. The van der Waals surface area contributed by atoms with E-state index in [9.17, 15) is 0 Å². The molecule has 0 aliphatic heterocycles. The normalized spacial score (nSPS) is 10.4. The van der Waals surface area contributed by atoms with Crippen LogP contribution in [-0.2, 0) is 13.6 Å². The molecule has 0 amide bonds. The van der Waals surface area contributed by atoms with Crippen molar-refractivity contribution in [3.8, 4) is 11.3 Å². The molecule has 1 aromatic heterocycles. The highest BCUT2D eigenvalue weighted by Crippen LogP contribution is 2.19. The maximum absolute atomic E-state index is 4.42. The van der Waals surface area contributed by atoms with Gasteiger partial charge < -0.3 is 5.32 Å². The average Bonchev–Trinajstić information content (AvgIpc) is 2.69. The zero-order valence-corrected chi connectivity index (χ0v) is 11.7. The van der Waals surface area contributed by atoms with Crippen LogP contribution in [0.1, 0.15) is 19.5 Å². The highest BCUT2D eigenvalue weighted by atomic mass is 35.5. The summed E-state index contributed by atoms with van der Waals surface area (Å²) in [7, 11) is 1.85. The second kappa shape index (κ2) is 6.52. The largest absolute Gasteiger partial charge is 0.309 e. The van der Waals surface area contributed by atoms with Crippen molar-refractivity contribution in [2.24, 2.45) is 7.05 Å². The number of hydrogen-bond donors (Lipinski definition) is 1. The highest BCUT2D eigenvalue weighted by Gasteiger charge is 2.11. The Morgan fingerprint density at radius 2 is 1.83 bits per heavy atom. The van der Waals surface area contributed by atoms with Crippen molar-refractivity contribution in [2.45, 2.75) is 26.4 Å². The number of hydrogen-bond acceptors (Lipinski definition) is 3. The SMILES string of the molecule is CC(C)NCc1nn(C)nc1-c1ccccc1.Cl. The van der Waals surface area contributed by atoms with Crippen molar-refractivity contribution in [3.63, 3.8) is 0 Å². The quantitative estimate of drug-likeness (QED) is 0.924. The lowest BCUT2D eigenvalue weighted by Gasteiger charge is -2.06. The third-order valence-corrected chi connectivity index (χ3v) is 2.51. The molecule has 0 bridgehead atoms. The molecule has 0 aliphatic rings. The van der Waals surface area contributed by atoms with Crippen LogP contribution in [0.25, 0.3) is 11.3 Å². The van der Waals surface area contributed by atoms with Crippen molar-refractivity contribution >= 4 is 12.4 Å². The van der Waals surface area contributed by atoms with Gasteiger partial charge in [-0.25, -0.2) is 0 Å². The third kappa shape index (κ3) is 3.55. The van der Waals surface area contributed by atoms with Crippen molar-refractivity contribution in [1.82, 2.24) is 20.3 Å². The smallest absolute Gasteiger partial charge is 0.117 e. The first-order valence-corrected chi connectivity index (χ1v) is 5.86. The van der Waals surface area contributed by atoms with Gasteiger partial charge in [0.1, 0.15) is 11.4 Å². The number of benzene rings is 1. The van der Waals surface area contributed by atoms with Gasteiger partial charge in [0.2, 0.25) is 0 Å². The molecule has 0 saturated carbocycles. The van der Waals surface area contributed by atoms with E-state index in [1.807, 2.05) is 25.2 Å². The predicted molar refractivity (Wildman–Crippen MR) is 75.7 cm³/mol. The van der Waals surface area contributed by atoms with Gasteiger partial charge in [-0.2, -0.15) is 15.0 Å². The molecule has 0 aliphatic carbocycles. The number of aryl methyl sites for hydroxylation is 1. The van der Waals surface area contributed by atoms with E-state index in [0.29, 0.717) is 6.04 Å². The molecule has 1 N–H and O–H groups in total. The van der Waals surface area contributed by atoms with Gasteiger partial charge in [0.15, 0.2) is 0 Å². The van der Waals surface area contributed by atoms with Crippen LogP contribution in [0.4, 0.5) is 0 Å². The molecule has 0 saturated heterocycles. The molecular formula is C13H19ClN4. The fourth-order valence-corrected chi connectivity index (χ4v) is 1.69. The Bertz CT molecular complexity index is 479. The van der Waals surface area contributed by atoms with Gasteiger partial charge in [-0.1, -0.05) is 44.2 Å². The zero-order valence-electron chi connectivity index (χ0n) is 10.9. The van der Waals surface area contributed by atoms with Gasteiger partial charge in [-0.15, -0.1) is 12.4 Å². The van der Waals surface area contributed by atoms with Crippen LogP contribution in [0.2, 0.25) is 0 Å². The summed E-state index contributed by atoms with van der Waals surface area (Å²) in [5, 5.41) is 12.2. The molecule has 4 nitrogen and oxygen atoms in total. The molecule has 98 valence electrons. The van der Waals surface area contributed by atoms with E-state index in [2.05, 4.69) is 41.5 Å². The van der Waals surface area contributed by atoms with E-state index in [-0.39, 0.29) is 12.4 Å². The van der Waals surface area contributed by atoms with Crippen LogP contribution in [-0.4, -0.2) is 21.0 Å². The average molecular weight is 267 g/mol. The lowest BCUT2D eigenvalue weighted by molar-refractivity contribution is 0.570. The zero-order chi connectivity index (χ0) is 12.3. The van der Waals surface area contributed by atoms with Crippen molar-refractivity contribution < 1.29 is 0 Å². The summed E-state index contributed by atoms with van der Waals surface area (Å²) in [6.07, 6.45) is 0. The first-order valence-electron chi connectivity index (χ1n) is 5.86. The van der Waals surface area contributed by atoms with Crippen LogP contribution in [0, 0.1) is 0 Å². The van der Waals surface area contributed by atoms with E-state index < -0.39 is 0 Å².